The first-order chi connectivity index (χ1) is 10.6. The number of primary sulfonamides is 1. The van der Waals surface area contributed by atoms with Gasteiger partial charge in [0.2, 0.25) is 10.0 Å². The highest BCUT2D eigenvalue weighted by Crippen LogP contribution is 2.29. The minimum absolute atomic E-state index is 0.0867. The Balaban J connectivity index is 2.70. The summed E-state index contributed by atoms with van der Waals surface area (Å²) in [4.78, 5) is 8.79. The summed E-state index contributed by atoms with van der Waals surface area (Å²) in [6.07, 6.45) is 0. The van der Waals surface area contributed by atoms with Crippen LogP contribution in [0.2, 0.25) is 0 Å². The minimum atomic E-state index is -3.80. The van der Waals surface area contributed by atoms with Crippen molar-refractivity contribution < 1.29 is 12.8 Å². The van der Waals surface area contributed by atoms with Crippen molar-refractivity contribution in [1.29, 1.82) is 0 Å². The molecule has 5 nitrogen and oxygen atoms in total. The SMILES string of the molecule is Cc1c(-c2ccc(F)cc2)nc(C(C)S(N)(=O)=O)nc1C(C)C. The number of sulfonamides is 1. The van der Waals surface area contributed by atoms with Crippen LogP contribution in [0.15, 0.2) is 24.3 Å². The highest BCUT2D eigenvalue weighted by Gasteiger charge is 2.24. The molecule has 0 spiro atoms. The van der Waals surface area contributed by atoms with Crippen LogP contribution in [-0.2, 0) is 10.0 Å². The number of benzene rings is 1. The van der Waals surface area contributed by atoms with Gasteiger partial charge in [0.05, 0.1) is 11.4 Å². The molecule has 0 aliphatic rings. The zero-order valence-electron chi connectivity index (χ0n) is 13.5. The predicted octanol–water partition coefficient (Wildman–Crippen LogP) is 3.06. The third-order valence-corrected chi connectivity index (χ3v) is 4.92. The van der Waals surface area contributed by atoms with Crippen LogP contribution in [0.4, 0.5) is 4.39 Å². The van der Waals surface area contributed by atoms with E-state index in [-0.39, 0.29) is 17.6 Å². The van der Waals surface area contributed by atoms with Crippen LogP contribution >= 0.6 is 0 Å². The molecule has 1 aromatic heterocycles. The summed E-state index contributed by atoms with van der Waals surface area (Å²) in [6, 6.07) is 5.91. The van der Waals surface area contributed by atoms with Gasteiger partial charge >= 0.3 is 0 Å². The van der Waals surface area contributed by atoms with Crippen LogP contribution in [-0.4, -0.2) is 18.4 Å². The monoisotopic (exact) mass is 337 g/mol. The molecule has 0 saturated heterocycles. The molecule has 0 saturated carbocycles. The zero-order chi connectivity index (χ0) is 17.4. The van der Waals surface area contributed by atoms with E-state index in [1.165, 1.54) is 19.1 Å². The molecule has 0 amide bonds. The molecule has 1 aromatic carbocycles. The van der Waals surface area contributed by atoms with E-state index in [4.69, 9.17) is 5.14 Å². The molecule has 1 heterocycles. The van der Waals surface area contributed by atoms with Gasteiger partial charge < -0.3 is 0 Å². The number of halogens is 1. The summed E-state index contributed by atoms with van der Waals surface area (Å²) < 4.78 is 36.4. The maximum atomic E-state index is 13.1. The highest BCUT2D eigenvalue weighted by atomic mass is 32.2. The molecule has 2 N–H and O–H groups in total. The van der Waals surface area contributed by atoms with Crippen LogP contribution in [0.25, 0.3) is 11.3 Å². The van der Waals surface area contributed by atoms with Gasteiger partial charge in [-0.15, -0.1) is 0 Å². The Kier molecular flexibility index (Phi) is 4.81. The molecule has 1 unspecified atom stereocenters. The Morgan fingerprint density at radius 1 is 1.09 bits per heavy atom. The average molecular weight is 337 g/mol. The van der Waals surface area contributed by atoms with Crippen molar-refractivity contribution in [2.45, 2.75) is 38.9 Å². The molecule has 124 valence electrons. The maximum absolute atomic E-state index is 13.1. The van der Waals surface area contributed by atoms with Crippen molar-refractivity contribution in [3.8, 4) is 11.3 Å². The van der Waals surface area contributed by atoms with Crippen LogP contribution < -0.4 is 5.14 Å². The van der Waals surface area contributed by atoms with Gasteiger partial charge in [0.1, 0.15) is 16.9 Å². The summed E-state index contributed by atoms with van der Waals surface area (Å²) in [5.74, 6) is -0.104. The Bertz CT molecular complexity index is 818. The summed E-state index contributed by atoms with van der Waals surface area (Å²) in [5.41, 5.74) is 2.90. The minimum Gasteiger partial charge on any atom is -0.236 e. The largest absolute Gasteiger partial charge is 0.236 e. The van der Waals surface area contributed by atoms with Crippen LogP contribution in [0.3, 0.4) is 0 Å². The molecule has 0 radical (unpaired) electrons. The summed E-state index contributed by atoms with van der Waals surface area (Å²) in [7, 11) is -3.80. The molecular weight excluding hydrogens is 317 g/mol. The van der Waals surface area contributed by atoms with Crippen molar-refractivity contribution in [3.63, 3.8) is 0 Å². The Morgan fingerprint density at radius 2 is 1.65 bits per heavy atom. The van der Waals surface area contributed by atoms with E-state index in [1.807, 2.05) is 20.8 Å². The lowest BCUT2D eigenvalue weighted by atomic mass is 9.99. The number of aromatic nitrogens is 2. The number of hydrogen-bond acceptors (Lipinski definition) is 4. The lowest BCUT2D eigenvalue weighted by Gasteiger charge is -2.17. The number of hydrogen-bond donors (Lipinski definition) is 1. The zero-order valence-corrected chi connectivity index (χ0v) is 14.4. The third kappa shape index (κ3) is 3.73. The maximum Gasteiger partial charge on any atom is 0.219 e. The Labute approximate surface area is 135 Å². The van der Waals surface area contributed by atoms with Gasteiger partial charge in [0.15, 0.2) is 0 Å². The van der Waals surface area contributed by atoms with E-state index in [1.54, 1.807) is 12.1 Å². The quantitative estimate of drug-likeness (QED) is 0.929. The predicted molar refractivity (Wildman–Crippen MR) is 87.8 cm³/mol. The molecular formula is C16H20FN3O2S. The van der Waals surface area contributed by atoms with Gasteiger partial charge in [0, 0.05) is 5.56 Å². The van der Waals surface area contributed by atoms with Crippen molar-refractivity contribution >= 4 is 10.0 Å². The van der Waals surface area contributed by atoms with Crippen molar-refractivity contribution in [3.05, 3.63) is 47.2 Å². The van der Waals surface area contributed by atoms with E-state index in [9.17, 15) is 12.8 Å². The first kappa shape index (κ1) is 17.5. The first-order valence-corrected chi connectivity index (χ1v) is 8.88. The lowest BCUT2D eigenvalue weighted by molar-refractivity contribution is 0.584. The molecule has 0 fully saturated rings. The first-order valence-electron chi connectivity index (χ1n) is 7.27. The van der Waals surface area contributed by atoms with Crippen LogP contribution in [0.1, 0.15) is 49.0 Å². The van der Waals surface area contributed by atoms with E-state index in [0.29, 0.717) is 11.3 Å². The fourth-order valence-corrected chi connectivity index (χ4v) is 2.73. The molecule has 0 aliphatic heterocycles. The van der Waals surface area contributed by atoms with Crippen LogP contribution in [0, 0.1) is 12.7 Å². The number of nitrogens with zero attached hydrogens (tertiary/aromatic N) is 2. The molecule has 0 aliphatic carbocycles. The van der Waals surface area contributed by atoms with Gasteiger partial charge in [-0.2, -0.15) is 0 Å². The summed E-state index contributed by atoms with van der Waals surface area (Å²) in [6.45, 7) is 7.27. The third-order valence-electron chi connectivity index (χ3n) is 3.72. The molecule has 23 heavy (non-hydrogen) atoms. The second kappa shape index (κ2) is 6.33. The number of rotatable bonds is 4. The average Bonchev–Trinajstić information content (AvgIpc) is 2.46. The van der Waals surface area contributed by atoms with E-state index in [2.05, 4.69) is 9.97 Å². The van der Waals surface area contributed by atoms with E-state index < -0.39 is 15.3 Å². The van der Waals surface area contributed by atoms with E-state index >= 15 is 0 Å². The molecule has 0 bridgehead atoms. The number of nitrogens with two attached hydrogens (primary N) is 1. The standard InChI is InChI=1S/C16H20FN3O2S/c1-9(2)14-10(3)15(12-5-7-13(17)8-6-12)20-16(19-14)11(4)23(18,21)22/h5-9,11H,1-4H3,(H2,18,21,22). The second-order valence-electron chi connectivity index (χ2n) is 5.83. The van der Waals surface area contributed by atoms with Gasteiger partial charge in [-0.1, -0.05) is 13.8 Å². The van der Waals surface area contributed by atoms with Gasteiger partial charge in [-0.3, -0.25) is 0 Å². The molecule has 2 aromatic rings. The van der Waals surface area contributed by atoms with E-state index in [0.717, 1.165) is 11.3 Å². The summed E-state index contributed by atoms with van der Waals surface area (Å²) >= 11 is 0. The fourth-order valence-electron chi connectivity index (χ4n) is 2.33. The van der Waals surface area contributed by atoms with Gasteiger partial charge in [-0.25, -0.2) is 27.9 Å². The molecule has 1 atom stereocenters. The normalized spacial score (nSPS) is 13.3. The second-order valence-corrected chi connectivity index (χ2v) is 7.72. The Morgan fingerprint density at radius 3 is 2.13 bits per heavy atom. The Hall–Kier alpha value is -1.86. The lowest BCUT2D eigenvalue weighted by Crippen LogP contribution is -2.22. The summed E-state index contributed by atoms with van der Waals surface area (Å²) in [5, 5.41) is 4.21. The highest BCUT2D eigenvalue weighted by molar-refractivity contribution is 7.89. The van der Waals surface area contributed by atoms with Gasteiger partial charge in [0.25, 0.3) is 0 Å². The van der Waals surface area contributed by atoms with Crippen molar-refractivity contribution in [2.75, 3.05) is 0 Å². The topological polar surface area (TPSA) is 85.9 Å². The smallest absolute Gasteiger partial charge is 0.219 e. The van der Waals surface area contributed by atoms with Crippen molar-refractivity contribution in [2.24, 2.45) is 5.14 Å². The fraction of sp³-hybridized carbons (Fsp3) is 0.375. The molecule has 7 heteroatoms. The van der Waals surface area contributed by atoms with Crippen LogP contribution in [0.5, 0.6) is 0 Å². The molecule has 2 rings (SSSR count). The van der Waals surface area contributed by atoms with Crippen molar-refractivity contribution in [1.82, 2.24) is 9.97 Å². The van der Waals surface area contributed by atoms with Gasteiger partial charge in [-0.05, 0) is 49.6 Å².